The molecule has 3 aliphatic rings. The van der Waals surface area contributed by atoms with Crippen molar-refractivity contribution in [3.05, 3.63) is 74.8 Å². The first-order valence-electron chi connectivity index (χ1n) is 14.3. The Kier molecular flexibility index (Phi) is 6.51. The van der Waals surface area contributed by atoms with Crippen molar-refractivity contribution in [3.8, 4) is 11.5 Å². The molecule has 2 fully saturated rings. The number of hydrogen-bond donors (Lipinski definition) is 1. The van der Waals surface area contributed by atoms with Gasteiger partial charge in [-0.05, 0) is 89.5 Å². The minimum absolute atomic E-state index is 0.0792. The molecular formula is C30H35N7O3. The van der Waals surface area contributed by atoms with Crippen LogP contribution in [0.25, 0.3) is 10.9 Å². The predicted molar refractivity (Wildman–Crippen MR) is 151 cm³/mol. The van der Waals surface area contributed by atoms with Crippen LogP contribution in [-0.4, -0.2) is 68.0 Å². The summed E-state index contributed by atoms with van der Waals surface area (Å²) in [5.74, 6) is 2.39. The number of aryl methyl sites for hydroxylation is 2. The summed E-state index contributed by atoms with van der Waals surface area (Å²) < 4.78 is 13.0. The van der Waals surface area contributed by atoms with Crippen LogP contribution in [-0.2, 0) is 6.54 Å². The number of ether oxygens (including phenoxy) is 2. The average molecular weight is 542 g/mol. The smallest absolute Gasteiger partial charge is 0.253 e. The second kappa shape index (κ2) is 10.3. The molecule has 0 radical (unpaired) electrons. The number of benzene rings is 2. The van der Waals surface area contributed by atoms with Gasteiger partial charge in [-0.3, -0.25) is 14.6 Å². The number of piperazine rings is 1. The quantitative estimate of drug-likeness (QED) is 0.393. The first-order chi connectivity index (χ1) is 19.5. The van der Waals surface area contributed by atoms with E-state index in [1.165, 1.54) is 24.0 Å². The third-order valence-electron chi connectivity index (χ3n) is 8.83. The van der Waals surface area contributed by atoms with E-state index in [9.17, 15) is 4.79 Å². The van der Waals surface area contributed by atoms with Crippen LogP contribution < -0.4 is 15.0 Å². The van der Waals surface area contributed by atoms with E-state index in [1.807, 2.05) is 10.7 Å². The van der Waals surface area contributed by atoms with Gasteiger partial charge in [0.1, 0.15) is 6.04 Å². The molecule has 7 rings (SSSR count). The number of pyridine rings is 1. The Morgan fingerprint density at radius 3 is 2.58 bits per heavy atom. The van der Waals surface area contributed by atoms with Crippen LogP contribution >= 0.6 is 0 Å². The molecule has 2 aromatic heterocycles. The summed E-state index contributed by atoms with van der Waals surface area (Å²) in [4.78, 5) is 21.6. The Labute approximate surface area is 232 Å². The van der Waals surface area contributed by atoms with Gasteiger partial charge in [-0.1, -0.05) is 18.9 Å². The summed E-state index contributed by atoms with van der Waals surface area (Å²) in [6.45, 7) is 8.66. The Bertz CT molecular complexity index is 1600. The predicted octanol–water partition coefficient (Wildman–Crippen LogP) is 3.88. The summed E-state index contributed by atoms with van der Waals surface area (Å²) in [6, 6.07) is 12.4. The van der Waals surface area contributed by atoms with Gasteiger partial charge in [0.15, 0.2) is 17.3 Å². The molecule has 2 aliphatic heterocycles. The van der Waals surface area contributed by atoms with Gasteiger partial charge < -0.3 is 14.5 Å². The fourth-order valence-electron chi connectivity index (χ4n) is 6.46. The van der Waals surface area contributed by atoms with Gasteiger partial charge in [-0.25, -0.2) is 4.68 Å². The molecule has 208 valence electrons. The number of rotatable bonds is 6. The van der Waals surface area contributed by atoms with Crippen molar-refractivity contribution in [2.75, 3.05) is 33.0 Å². The molecule has 0 spiro atoms. The molecule has 1 atom stereocenters. The average Bonchev–Trinajstić information content (AvgIpc) is 3.73. The molecule has 1 saturated heterocycles. The standard InChI is InChI=1S/C30H35N7O3/c1-19-13-22-16-24(30(38)31-25(22)14-20(19)2)28(29-32-33-34-37(29)23-5-3-4-6-23)36-11-9-35(10-12-36)17-21-7-8-26-27(15-21)40-18-39-26/h7-8,13-16,23,28H,3-6,9-12,17-18H2,1-2H3,(H,31,38). The number of nitrogens with zero attached hydrogens (tertiary/aromatic N) is 6. The zero-order chi connectivity index (χ0) is 27.2. The fraction of sp³-hybridized carbons (Fsp3) is 0.467. The molecule has 1 aliphatic carbocycles. The molecule has 0 amide bonds. The summed E-state index contributed by atoms with van der Waals surface area (Å²) >= 11 is 0. The highest BCUT2D eigenvalue weighted by molar-refractivity contribution is 5.81. The Balaban J connectivity index is 1.20. The SMILES string of the molecule is Cc1cc2cc(C(c3nnnn3C3CCCC3)N3CCN(Cc4ccc5c(c4)OCO5)CC3)c(=O)[nH]c2cc1C. The molecule has 1 N–H and O–H groups in total. The molecule has 4 heterocycles. The number of hydrogen-bond acceptors (Lipinski definition) is 8. The summed E-state index contributed by atoms with van der Waals surface area (Å²) in [5.41, 5.74) is 5.06. The number of aromatic nitrogens is 5. The van der Waals surface area contributed by atoms with Crippen LogP contribution in [0.1, 0.15) is 65.8 Å². The van der Waals surface area contributed by atoms with E-state index in [2.05, 4.69) is 74.5 Å². The van der Waals surface area contributed by atoms with Crippen molar-refractivity contribution in [2.24, 2.45) is 0 Å². The second-order valence-corrected chi connectivity index (χ2v) is 11.4. The topological polar surface area (TPSA) is 101 Å². The van der Waals surface area contributed by atoms with Gasteiger partial charge in [0.05, 0.1) is 6.04 Å². The van der Waals surface area contributed by atoms with E-state index in [4.69, 9.17) is 9.47 Å². The number of tetrazole rings is 1. The van der Waals surface area contributed by atoms with Crippen LogP contribution in [0.5, 0.6) is 11.5 Å². The van der Waals surface area contributed by atoms with E-state index in [0.717, 1.165) is 79.4 Å². The van der Waals surface area contributed by atoms with Gasteiger partial charge in [0.25, 0.3) is 5.56 Å². The lowest BCUT2D eigenvalue weighted by atomic mass is 10.00. The van der Waals surface area contributed by atoms with Crippen LogP contribution in [0.2, 0.25) is 0 Å². The molecule has 1 unspecified atom stereocenters. The molecule has 0 bridgehead atoms. The maximum absolute atomic E-state index is 13.6. The zero-order valence-corrected chi connectivity index (χ0v) is 23.1. The minimum Gasteiger partial charge on any atom is -0.454 e. The van der Waals surface area contributed by atoms with Crippen LogP contribution in [0.3, 0.4) is 0 Å². The summed E-state index contributed by atoms with van der Waals surface area (Å²) in [5, 5.41) is 14.1. The fourth-order valence-corrected chi connectivity index (χ4v) is 6.46. The van der Waals surface area contributed by atoms with E-state index in [1.54, 1.807) is 0 Å². The molecule has 1 saturated carbocycles. The first-order valence-corrected chi connectivity index (χ1v) is 14.3. The lowest BCUT2D eigenvalue weighted by Crippen LogP contribution is -2.48. The van der Waals surface area contributed by atoms with Crippen molar-refractivity contribution < 1.29 is 9.47 Å². The maximum atomic E-state index is 13.6. The minimum atomic E-state index is -0.321. The van der Waals surface area contributed by atoms with Crippen LogP contribution in [0.15, 0.2) is 41.2 Å². The Hall–Kier alpha value is -3.76. The van der Waals surface area contributed by atoms with Gasteiger partial charge in [-0.15, -0.1) is 5.10 Å². The third-order valence-corrected chi connectivity index (χ3v) is 8.83. The van der Waals surface area contributed by atoms with E-state index < -0.39 is 0 Å². The molecule has 4 aromatic rings. The first kappa shape index (κ1) is 25.2. The number of H-pyrrole nitrogens is 1. The number of nitrogens with one attached hydrogen (secondary N) is 1. The Morgan fingerprint density at radius 1 is 0.975 bits per heavy atom. The third kappa shape index (κ3) is 4.65. The van der Waals surface area contributed by atoms with Crippen molar-refractivity contribution in [1.29, 1.82) is 0 Å². The number of aromatic amines is 1. The normalized spacial score (nSPS) is 19.1. The van der Waals surface area contributed by atoms with E-state index >= 15 is 0 Å². The molecule has 10 nitrogen and oxygen atoms in total. The molecule has 10 heteroatoms. The van der Waals surface area contributed by atoms with E-state index in [0.29, 0.717) is 5.56 Å². The van der Waals surface area contributed by atoms with Crippen molar-refractivity contribution in [1.82, 2.24) is 35.0 Å². The molecule has 40 heavy (non-hydrogen) atoms. The molecule has 2 aromatic carbocycles. The highest BCUT2D eigenvalue weighted by Crippen LogP contribution is 2.35. The van der Waals surface area contributed by atoms with Gasteiger partial charge in [0, 0.05) is 43.8 Å². The second-order valence-electron chi connectivity index (χ2n) is 11.4. The van der Waals surface area contributed by atoms with Crippen LogP contribution in [0.4, 0.5) is 0 Å². The zero-order valence-electron chi connectivity index (χ0n) is 23.1. The molecular weight excluding hydrogens is 506 g/mol. The number of fused-ring (bicyclic) bond motifs is 2. The van der Waals surface area contributed by atoms with Crippen molar-refractivity contribution in [2.45, 2.75) is 58.2 Å². The van der Waals surface area contributed by atoms with Crippen molar-refractivity contribution in [3.63, 3.8) is 0 Å². The summed E-state index contributed by atoms with van der Waals surface area (Å²) in [7, 11) is 0. The van der Waals surface area contributed by atoms with Gasteiger partial charge in [0.2, 0.25) is 6.79 Å². The monoisotopic (exact) mass is 541 g/mol. The largest absolute Gasteiger partial charge is 0.454 e. The lowest BCUT2D eigenvalue weighted by molar-refractivity contribution is 0.0988. The highest BCUT2D eigenvalue weighted by Gasteiger charge is 2.35. The Morgan fingerprint density at radius 2 is 1.75 bits per heavy atom. The van der Waals surface area contributed by atoms with E-state index in [-0.39, 0.29) is 24.4 Å². The maximum Gasteiger partial charge on any atom is 0.253 e. The van der Waals surface area contributed by atoms with Crippen molar-refractivity contribution >= 4 is 10.9 Å². The highest BCUT2D eigenvalue weighted by atomic mass is 16.7. The van der Waals surface area contributed by atoms with Gasteiger partial charge in [-0.2, -0.15) is 0 Å². The lowest BCUT2D eigenvalue weighted by Gasteiger charge is -2.39. The summed E-state index contributed by atoms with van der Waals surface area (Å²) in [6.07, 6.45) is 4.51. The van der Waals surface area contributed by atoms with Crippen LogP contribution in [0, 0.1) is 13.8 Å². The van der Waals surface area contributed by atoms with Gasteiger partial charge >= 0.3 is 0 Å².